The largest absolute Gasteiger partial charge is 0.348 e. The molecule has 4 rings (SSSR count). The number of carbonyl (C=O) groups excluding carboxylic acids is 1. The van der Waals surface area contributed by atoms with Crippen molar-refractivity contribution in [1.82, 2.24) is 30.0 Å². The first-order valence-electron chi connectivity index (χ1n) is 8.17. The minimum Gasteiger partial charge on any atom is -0.348 e. The van der Waals surface area contributed by atoms with Crippen molar-refractivity contribution in [3.63, 3.8) is 0 Å². The number of aromatic nitrogens is 4. The first-order valence-corrected chi connectivity index (χ1v) is 8.17. The van der Waals surface area contributed by atoms with E-state index in [9.17, 15) is 4.79 Å². The predicted octanol–water partition coefficient (Wildman–Crippen LogP) is 1.02. The fourth-order valence-corrected chi connectivity index (χ4v) is 3.68. The summed E-state index contributed by atoms with van der Waals surface area (Å²) in [4.78, 5) is 23.3. The highest BCUT2D eigenvalue weighted by Gasteiger charge is 2.36. The molecule has 0 aromatic carbocycles. The summed E-state index contributed by atoms with van der Waals surface area (Å²) >= 11 is 0. The van der Waals surface area contributed by atoms with Crippen LogP contribution in [0.25, 0.3) is 5.82 Å². The molecule has 1 amide bonds. The zero-order valence-corrected chi connectivity index (χ0v) is 12.9. The lowest BCUT2D eigenvalue weighted by Gasteiger charge is -2.32. The summed E-state index contributed by atoms with van der Waals surface area (Å²) in [5.41, 5.74) is 0.611. The molecule has 2 saturated heterocycles. The fraction of sp³-hybridized carbons (Fsp3) is 0.500. The molecule has 0 bridgehead atoms. The number of pyridine rings is 1. The van der Waals surface area contributed by atoms with Crippen molar-refractivity contribution in [3.05, 3.63) is 36.5 Å². The Balaban J connectivity index is 1.48. The fourth-order valence-electron chi connectivity index (χ4n) is 3.68. The van der Waals surface area contributed by atoms with E-state index in [1.54, 1.807) is 29.3 Å². The molecule has 1 N–H and O–H groups in total. The van der Waals surface area contributed by atoms with Crippen molar-refractivity contribution >= 4 is 5.91 Å². The Labute approximate surface area is 134 Å². The molecule has 2 unspecified atom stereocenters. The van der Waals surface area contributed by atoms with Gasteiger partial charge in [0, 0.05) is 30.4 Å². The maximum atomic E-state index is 12.6. The van der Waals surface area contributed by atoms with E-state index in [2.05, 4.69) is 25.3 Å². The molecule has 7 heteroatoms. The lowest BCUT2D eigenvalue weighted by atomic mass is 9.99. The van der Waals surface area contributed by atoms with Crippen LogP contribution >= 0.6 is 0 Å². The molecule has 0 saturated carbocycles. The van der Waals surface area contributed by atoms with E-state index in [1.165, 1.54) is 32.1 Å². The predicted molar refractivity (Wildman–Crippen MR) is 84.2 cm³/mol. The van der Waals surface area contributed by atoms with E-state index < -0.39 is 0 Å². The van der Waals surface area contributed by atoms with E-state index >= 15 is 0 Å². The molecule has 0 radical (unpaired) electrons. The zero-order valence-electron chi connectivity index (χ0n) is 12.9. The second kappa shape index (κ2) is 6.08. The summed E-state index contributed by atoms with van der Waals surface area (Å²) in [5, 5.41) is 7.26. The summed E-state index contributed by atoms with van der Waals surface area (Å²) in [6.45, 7) is 2.26. The smallest absolute Gasteiger partial charge is 0.251 e. The molecule has 120 valence electrons. The van der Waals surface area contributed by atoms with Crippen molar-refractivity contribution in [2.24, 2.45) is 0 Å². The highest BCUT2D eigenvalue weighted by molar-refractivity contribution is 5.94. The molecule has 0 spiro atoms. The van der Waals surface area contributed by atoms with E-state index in [1.807, 2.05) is 0 Å². The standard InChI is InChI=1S/C16H20N6O/c23-16(20-13-5-8-21-7-2-1-3-14(13)21)12-4-6-18-15(9-12)22-11-17-10-19-22/h4,6,9-11,13-14H,1-3,5,7-8H2,(H,20,23). The Morgan fingerprint density at radius 2 is 2.22 bits per heavy atom. The maximum Gasteiger partial charge on any atom is 0.251 e. The molecule has 0 aliphatic carbocycles. The van der Waals surface area contributed by atoms with E-state index in [0.29, 0.717) is 17.4 Å². The SMILES string of the molecule is O=C(NC1CCN2CCCCC12)c1ccnc(-n2cncn2)c1. The van der Waals surface area contributed by atoms with Gasteiger partial charge in [0.05, 0.1) is 0 Å². The quantitative estimate of drug-likeness (QED) is 0.916. The summed E-state index contributed by atoms with van der Waals surface area (Å²) in [6.07, 6.45) is 9.42. The van der Waals surface area contributed by atoms with Crippen LogP contribution in [0.3, 0.4) is 0 Å². The second-order valence-corrected chi connectivity index (χ2v) is 6.21. The van der Waals surface area contributed by atoms with E-state index in [4.69, 9.17) is 0 Å². The van der Waals surface area contributed by atoms with Gasteiger partial charge in [-0.25, -0.2) is 14.6 Å². The van der Waals surface area contributed by atoms with Crippen LogP contribution in [0.5, 0.6) is 0 Å². The van der Waals surface area contributed by atoms with E-state index in [-0.39, 0.29) is 11.9 Å². The highest BCUT2D eigenvalue weighted by Crippen LogP contribution is 2.27. The van der Waals surface area contributed by atoms with Crippen LogP contribution in [0.2, 0.25) is 0 Å². The Morgan fingerprint density at radius 1 is 1.26 bits per heavy atom. The van der Waals surface area contributed by atoms with Gasteiger partial charge in [0.25, 0.3) is 5.91 Å². The number of piperidine rings is 1. The van der Waals surface area contributed by atoms with Gasteiger partial charge < -0.3 is 5.32 Å². The molecule has 2 aliphatic rings. The lowest BCUT2D eigenvalue weighted by Crippen LogP contribution is -2.46. The normalized spacial score (nSPS) is 24.3. The molecule has 7 nitrogen and oxygen atoms in total. The average Bonchev–Trinajstić information content (AvgIpc) is 3.25. The minimum atomic E-state index is -0.0359. The Bertz CT molecular complexity index is 686. The number of amides is 1. The summed E-state index contributed by atoms with van der Waals surface area (Å²) < 4.78 is 1.55. The van der Waals surface area contributed by atoms with Crippen LogP contribution in [0.1, 0.15) is 36.0 Å². The van der Waals surface area contributed by atoms with Gasteiger partial charge in [-0.3, -0.25) is 9.69 Å². The third-order valence-electron chi connectivity index (χ3n) is 4.83. The number of nitrogens with one attached hydrogen (secondary N) is 1. The van der Waals surface area contributed by atoms with Gasteiger partial charge in [-0.1, -0.05) is 6.42 Å². The molecule has 2 aromatic rings. The highest BCUT2D eigenvalue weighted by atomic mass is 16.1. The number of carbonyl (C=O) groups is 1. The zero-order chi connectivity index (χ0) is 15.6. The van der Waals surface area contributed by atoms with Gasteiger partial charge in [-0.2, -0.15) is 5.10 Å². The topological polar surface area (TPSA) is 75.9 Å². The monoisotopic (exact) mass is 312 g/mol. The average molecular weight is 312 g/mol. The van der Waals surface area contributed by atoms with Crippen LogP contribution < -0.4 is 5.32 Å². The van der Waals surface area contributed by atoms with Crippen LogP contribution in [0.4, 0.5) is 0 Å². The molecule has 2 aromatic heterocycles. The number of nitrogens with zero attached hydrogens (tertiary/aromatic N) is 5. The van der Waals surface area contributed by atoms with Crippen molar-refractivity contribution in [2.75, 3.05) is 13.1 Å². The Morgan fingerprint density at radius 3 is 3.09 bits per heavy atom. The molecule has 4 heterocycles. The molecular weight excluding hydrogens is 292 g/mol. The summed E-state index contributed by atoms with van der Waals surface area (Å²) in [5.74, 6) is 0.562. The first-order chi connectivity index (χ1) is 11.3. The van der Waals surface area contributed by atoms with Gasteiger partial charge in [-0.05, 0) is 37.9 Å². The van der Waals surface area contributed by atoms with E-state index in [0.717, 1.165) is 13.0 Å². The third kappa shape index (κ3) is 2.84. The molecule has 2 aliphatic heterocycles. The van der Waals surface area contributed by atoms with Crippen LogP contribution in [-0.2, 0) is 0 Å². The molecule has 2 atom stereocenters. The third-order valence-corrected chi connectivity index (χ3v) is 4.83. The van der Waals surface area contributed by atoms with Gasteiger partial charge >= 0.3 is 0 Å². The second-order valence-electron chi connectivity index (χ2n) is 6.21. The van der Waals surface area contributed by atoms with Crippen molar-refractivity contribution in [1.29, 1.82) is 0 Å². The van der Waals surface area contributed by atoms with Gasteiger partial charge in [0.15, 0.2) is 5.82 Å². The Kier molecular flexibility index (Phi) is 3.78. The minimum absolute atomic E-state index is 0.0359. The summed E-state index contributed by atoms with van der Waals surface area (Å²) in [7, 11) is 0. The van der Waals surface area contributed by atoms with Gasteiger partial charge in [-0.15, -0.1) is 0 Å². The Hall–Kier alpha value is -2.28. The van der Waals surface area contributed by atoms with Crippen molar-refractivity contribution < 1.29 is 4.79 Å². The van der Waals surface area contributed by atoms with Crippen LogP contribution in [0.15, 0.2) is 31.0 Å². The number of hydrogen-bond acceptors (Lipinski definition) is 5. The molecule has 23 heavy (non-hydrogen) atoms. The number of hydrogen-bond donors (Lipinski definition) is 1. The van der Waals surface area contributed by atoms with Crippen molar-refractivity contribution in [2.45, 2.75) is 37.8 Å². The lowest BCUT2D eigenvalue weighted by molar-refractivity contribution is 0.0915. The first kappa shape index (κ1) is 14.3. The molecular formula is C16H20N6O. The number of fused-ring (bicyclic) bond motifs is 1. The molecule has 2 fully saturated rings. The number of rotatable bonds is 3. The van der Waals surface area contributed by atoms with Gasteiger partial charge in [0.1, 0.15) is 12.7 Å². The van der Waals surface area contributed by atoms with Crippen LogP contribution in [0, 0.1) is 0 Å². The van der Waals surface area contributed by atoms with Crippen molar-refractivity contribution in [3.8, 4) is 5.82 Å². The maximum absolute atomic E-state index is 12.6. The summed E-state index contributed by atoms with van der Waals surface area (Å²) in [6, 6.07) is 4.25. The van der Waals surface area contributed by atoms with Gasteiger partial charge in [0.2, 0.25) is 0 Å². The van der Waals surface area contributed by atoms with Crippen LogP contribution in [-0.4, -0.2) is 55.7 Å².